The summed E-state index contributed by atoms with van der Waals surface area (Å²) in [7, 11) is -1.96. The van der Waals surface area contributed by atoms with E-state index in [9.17, 15) is 8.42 Å². The fourth-order valence-electron chi connectivity index (χ4n) is 1.65. The quantitative estimate of drug-likeness (QED) is 0.809. The molecule has 19 heavy (non-hydrogen) atoms. The Hall–Kier alpha value is -0.990. The number of rotatable bonds is 7. The highest BCUT2D eigenvalue weighted by atomic mass is 32.2. The first-order chi connectivity index (χ1) is 8.79. The van der Waals surface area contributed by atoms with Crippen molar-refractivity contribution in [1.29, 1.82) is 0 Å². The Kier molecular flexibility index (Phi) is 5.45. The number of aryl methyl sites for hydroxylation is 1. The van der Waals surface area contributed by atoms with Crippen LogP contribution in [-0.2, 0) is 16.8 Å². The highest BCUT2D eigenvalue weighted by Crippen LogP contribution is 2.12. The summed E-state index contributed by atoms with van der Waals surface area (Å²) in [6, 6.07) is -0.515. The molecule has 7 nitrogen and oxygen atoms in total. The summed E-state index contributed by atoms with van der Waals surface area (Å²) >= 11 is 0. The highest BCUT2D eigenvalue weighted by Gasteiger charge is 2.25. The van der Waals surface area contributed by atoms with Crippen molar-refractivity contribution in [2.75, 3.05) is 7.05 Å². The van der Waals surface area contributed by atoms with Crippen LogP contribution < -0.4 is 4.72 Å². The summed E-state index contributed by atoms with van der Waals surface area (Å²) in [4.78, 5) is 0. The van der Waals surface area contributed by atoms with Gasteiger partial charge in [-0.05, 0) is 27.2 Å². The van der Waals surface area contributed by atoms with E-state index in [0.717, 1.165) is 13.0 Å². The molecule has 0 saturated heterocycles. The zero-order valence-electron chi connectivity index (χ0n) is 12.2. The smallest absolute Gasteiger partial charge is 0.280 e. The van der Waals surface area contributed by atoms with E-state index in [0.29, 0.717) is 5.82 Å². The zero-order valence-corrected chi connectivity index (χ0v) is 13.0. The van der Waals surface area contributed by atoms with Crippen molar-refractivity contribution >= 4 is 10.2 Å². The molecule has 0 aliphatic rings. The molecular weight excluding hydrogens is 266 g/mol. The van der Waals surface area contributed by atoms with Gasteiger partial charge >= 0.3 is 0 Å². The van der Waals surface area contributed by atoms with Crippen LogP contribution in [0.1, 0.15) is 46.0 Å². The molecular formula is C11H23N5O2S. The molecule has 1 unspecified atom stereocenters. The van der Waals surface area contributed by atoms with Crippen LogP contribution in [0.4, 0.5) is 0 Å². The average Bonchev–Trinajstić information content (AvgIpc) is 2.76. The maximum atomic E-state index is 12.1. The monoisotopic (exact) mass is 289 g/mol. The first kappa shape index (κ1) is 16.1. The van der Waals surface area contributed by atoms with Crippen molar-refractivity contribution < 1.29 is 8.42 Å². The second-order valence-electron chi connectivity index (χ2n) is 4.84. The summed E-state index contributed by atoms with van der Waals surface area (Å²) in [5, 5.41) is 7.83. The van der Waals surface area contributed by atoms with Gasteiger partial charge in [-0.2, -0.15) is 17.4 Å². The van der Waals surface area contributed by atoms with Gasteiger partial charge in [0.05, 0.1) is 6.04 Å². The highest BCUT2D eigenvalue weighted by molar-refractivity contribution is 7.87. The molecule has 1 rings (SSSR count). The van der Waals surface area contributed by atoms with Crippen LogP contribution in [0.15, 0.2) is 6.33 Å². The van der Waals surface area contributed by atoms with Crippen molar-refractivity contribution in [2.24, 2.45) is 0 Å². The van der Waals surface area contributed by atoms with E-state index in [1.54, 1.807) is 20.3 Å². The lowest BCUT2D eigenvalue weighted by Gasteiger charge is -2.23. The van der Waals surface area contributed by atoms with Gasteiger partial charge in [-0.3, -0.25) is 0 Å². The molecule has 1 atom stereocenters. The van der Waals surface area contributed by atoms with Crippen molar-refractivity contribution in [3.63, 3.8) is 0 Å². The number of hydrogen-bond acceptors (Lipinski definition) is 4. The third-order valence-electron chi connectivity index (χ3n) is 2.93. The molecule has 1 aromatic rings. The summed E-state index contributed by atoms with van der Waals surface area (Å²) < 4.78 is 30.0. The number of aromatic nitrogens is 3. The Bertz CT molecular complexity index is 497. The van der Waals surface area contributed by atoms with E-state index in [1.807, 2.05) is 25.3 Å². The SMILES string of the molecule is CCCn1cnnc1C(C)NS(=O)(=O)N(C)C(C)C. The lowest BCUT2D eigenvalue weighted by Crippen LogP contribution is -2.43. The minimum atomic E-state index is -3.51. The van der Waals surface area contributed by atoms with E-state index in [4.69, 9.17) is 0 Å². The van der Waals surface area contributed by atoms with Gasteiger partial charge in [0.2, 0.25) is 0 Å². The molecule has 0 fully saturated rings. The topological polar surface area (TPSA) is 80.1 Å². The second kappa shape index (κ2) is 6.44. The van der Waals surface area contributed by atoms with Crippen molar-refractivity contribution in [3.05, 3.63) is 12.2 Å². The molecule has 1 heterocycles. The van der Waals surface area contributed by atoms with Gasteiger partial charge in [0.15, 0.2) is 5.82 Å². The van der Waals surface area contributed by atoms with Crippen LogP contribution in [0.25, 0.3) is 0 Å². The van der Waals surface area contributed by atoms with Gasteiger partial charge < -0.3 is 4.57 Å². The molecule has 1 N–H and O–H groups in total. The molecule has 0 aliphatic heterocycles. The van der Waals surface area contributed by atoms with Crippen molar-refractivity contribution in [3.8, 4) is 0 Å². The molecule has 0 spiro atoms. The molecule has 0 saturated carbocycles. The normalized spacial score (nSPS) is 14.3. The van der Waals surface area contributed by atoms with Gasteiger partial charge in [-0.25, -0.2) is 0 Å². The first-order valence-electron chi connectivity index (χ1n) is 6.42. The summed E-state index contributed by atoms with van der Waals surface area (Å²) in [5.41, 5.74) is 0. The van der Waals surface area contributed by atoms with Crippen molar-refractivity contribution in [1.82, 2.24) is 23.8 Å². The number of hydrogen-bond donors (Lipinski definition) is 1. The van der Waals surface area contributed by atoms with Gasteiger partial charge in [-0.15, -0.1) is 10.2 Å². The molecule has 0 radical (unpaired) electrons. The largest absolute Gasteiger partial charge is 0.316 e. The van der Waals surface area contributed by atoms with Crippen LogP contribution in [-0.4, -0.2) is 40.6 Å². The third kappa shape index (κ3) is 3.99. The average molecular weight is 289 g/mol. The first-order valence-corrected chi connectivity index (χ1v) is 7.86. The Morgan fingerprint density at radius 3 is 2.58 bits per heavy atom. The Morgan fingerprint density at radius 1 is 1.42 bits per heavy atom. The molecule has 1 aromatic heterocycles. The van der Waals surface area contributed by atoms with E-state index in [-0.39, 0.29) is 6.04 Å². The maximum Gasteiger partial charge on any atom is 0.280 e. The molecule has 0 aliphatic carbocycles. The molecule has 110 valence electrons. The Labute approximate surface area is 115 Å². The molecule has 0 aromatic carbocycles. The lowest BCUT2D eigenvalue weighted by molar-refractivity contribution is 0.395. The van der Waals surface area contributed by atoms with Gasteiger partial charge in [-0.1, -0.05) is 6.92 Å². The van der Waals surface area contributed by atoms with E-state index >= 15 is 0 Å². The Balaban J connectivity index is 2.84. The standard InChI is InChI=1S/C11H23N5O2S/c1-6-7-16-8-12-13-11(16)10(4)14-19(17,18)15(5)9(2)3/h8-10,14H,6-7H2,1-5H3. The minimum absolute atomic E-state index is 0.0989. The Morgan fingerprint density at radius 2 is 2.05 bits per heavy atom. The van der Waals surface area contributed by atoms with Gasteiger partial charge in [0.1, 0.15) is 6.33 Å². The third-order valence-corrected chi connectivity index (χ3v) is 4.76. The minimum Gasteiger partial charge on any atom is -0.316 e. The summed E-state index contributed by atoms with van der Waals surface area (Å²) in [6.45, 7) is 8.23. The van der Waals surface area contributed by atoms with Crippen LogP contribution in [0.5, 0.6) is 0 Å². The molecule has 0 bridgehead atoms. The van der Waals surface area contributed by atoms with Crippen LogP contribution in [0.3, 0.4) is 0 Å². The zero-order chi connectivity index (χ0) is 14.6. The maximum absolute atomic E-state index is 12.1. The van der Waals surface area contributed by atoms with Crippen molar-refractivity contribution in [2.45, 2.75) is 52.7 Å². The van der Waals surface area contributed by atoms with Crippen LogP contribution in [0, 0.1) is 0 Å². The summed E-state index contributed by atoms with van der Waals surface area (Å²) in [6.07, 6.45) is 2.56. The molecule has 0 amide bonds. The second-order valence-corrected chi connectivity index (χ2v) is 6.60. The summed E-state index contributed by atoms with van der Waals surface area (Å²) in [5.74, 6) is 0.627. The predicted molar refractivity (Wildman–Crippen MR) is 73.7 cm³/mol. The molecule has 8 heteroatoms. The van der Waals surface area contributed by atoms with E-state index < -0.39 is 16.3 Å². The predicted octanol–water partition coefficient (Wildman–Crippen LogP) is 0.924. The lowest BCUT2D eigenvalue weighted by atomic mass is 10.3. The fourth-order valence-corrected chi connectivity index (χ4v) is 2.92. The fraction of sp³-hybridized carbons (Fsp3) is 0.818. The van der Waals surface area contributed by atoms with Crippen LogP contribution in [0.2, 0.25) is 0 Å². The van der Waals surface area contributed by atoms with Gasteiger partial charge in [0, 0.05) is 19.6 Å². The van der Waals surface area contributed by atoms with Gasteiger partial charge in [0.25, 0.3) is 10.2 Å². The number of nitrogens with one attached hydrogen (secondary N) is 1. The van der Waals surface area contributed by atoms with E-state index in [1.165, 1.54) is 4.31 Å². The van der Waals surface area contributed by atoms with E-state index in [2.05, 4.69) is 14.9 Å². The number of nitrogens with zero attached hydrogens (tertiary/aromatic N) is 4. The van der Waals surface area contributed by atoms with Crippen LogP contribution >= 0.6 is 0 Å².